The van der Waals surface area contributed by atoms with Crippen LogP contribution < -0.4 is 5.32 Å². The van der Waals surface area contributed by atoms with Gasteiger partial charge < -0.3 is 5.11 Å². The molecule has 0 heterocycles. The summed E-state index contributed by atoms with van der Waals surface area (Å²) in [6.07, 6.45) is -4.33. The Morgan fingerprint density at radius 3 is 2.35 bits per heavy atom. The quantitative estimate of drug-likeness (QED) is 0.892. The van der Waals surface area contributed by atoms with Crippen molar-refractivity contribution in [3.05, 3.63) is 33.8 Å². The fourth-order valence-electron chi connectivity index (χ4n) is 1.26. The first-order valence-electron chi connectivity index (χ1n) is 4.69. The lowest BCUT2D eigenvalue weighted by atomic mass is 10.1. The van der Waals surface area contributed by atoms with Crippen LogP contribution in [-0.2, 0) is 0 Å². The Bertz CT molecular complexity index is 384. The SMILES string of the molecule is OCC(NCC(F)(F)F)c1ccc(Cl)c(Cl)c1. The van der Waals surface area contributed by atoms with Gasteiger partial charge in [-0.2, -0.15) is 13.2 Å². The first kappa shape index (κ1) is 14.6. The molecule has 0 aliphatic carbocycles. The van der Waals surface area contributed by atoms with Crippen molar-refractivity contribution >= 4 is 23.2 Å². The average Bonchev–Trinajstić information content (AvgIpc) is 2.22. The van der Waals surface area contributed by atoms with E-state index < -0.39 is 25.4 Å². The van der Waals surface area contributed by atoms with Crippen molar-refractivity contribution in [1.29, 1.82) is 0 Å². The van der Waals surface area contributed by atoms with Gasteiger partial charge in [0.25, 0.3) is 0 Å². The number of rotatable bonds is 4. The Morgan fingerprint density at radius 1 is 1.24 bits per heavy atom. The maximum absolute atomic E-state index is 12.0. The summed E-state index contributed by atoms with van der Waals surface area (Å²) in [5.41, 5.74) is 0.450. The molecule has 0 fully saturated rings. The first-order valence-corrected chi connectivity index (χ1v) is 5.45. The second kappa shape index (κ2) is 5.91. The molecule has 0 aliphatic heterocycles. The Hall–Kier alpha value is -0.490. The van der Waals surface area contributed by atoms with Crippen molar-refractivity contribution in [3.63, 3.8) is 0 Å². The van der Waals surface area contributed by atoms with Gasteiger partial charge in [0.15, 0.2) is 0 Å². The molecule has 0 aliphatic rings. The number of aliphatic hydroxyl groups excluding tert-OH is 1. The van der Waals surface area contributed by atoms with Crippen LogP contribution in [0.25, 0.3) is 0 Å². The molecule has 0 bridgehead atoms. The number of halogens is 5. The van der Waals surface area contributed by atoms with E-state index in [1.54, 1.807) is 0 Å². The van der Waals surface area contributed by atoms with Crippen LogP contribution in [0.3, 0.4) is 0 Å². The third-order valence-corrected chi connectivity index (χ3v) is 2.82. The Labute approximate surface area is 106 Å². The molecule has 17 heavy (non-hydrogen) atoms. The van der Waals surface area contributed by atoms with Crippen molar-refractivity contribution in [2.24, 2.45) is 0 Å². The van der Waals surface area contributed by atoms with E-state index in [0.717, 1.165) is 0 Å². The number of alkyl halides is 3. The molecular weight excluding hydrogens is 278 g/mol. The highest BCUT2D eigenvalue weighted by Crippen LogP contribution is 2.26. The maximum atomic E-state index is 12.0. The highest BCUT2D eigenvalue weighted by molar-refractivity contribution is 6.42. The van der Waals surface area contributed by atoms with E-state index in [4.69, 9.17) is 28.3 Å². The van der Waals surface area contributed by atoms with Crippen LogP contribution in [0.15, 0.2) is 18.2 Å². The standard InChI is InChI=1S/C10H10Cl2F3NO/c11-7-2-1-6(3-8(7)12)9(4-17)16-5-10(13,14)15/h1-3,9,16-17H,4-5H2. The van der Waals surface area contributed by atoms with E-state index in [1.807, 2.05) is 0 Å². The fourth-order valence-corrected chi connectivity index (χ4v) is 1.56. The van der Waals surface area contributed by atoms with E-state index >= 15 is 0 Å². The summed E-state index contributed by atoms with van der Waals surface area (Å²) in [6.45, 7) is -1.65. The van der Waals surface area contributed by atoms with Crippen LogP contribution in [0, 0.1) is 0 Å². The summed E-state index contributed by atoms with van der Waals surface area (Å²) >= 11 is 11.4. The molecule has 1 unspecified atom stereocenters. The number of hydrogen-bond acceptors (Lipinski definition) is 2. The second-order valence-electron chi connectivity index (χ2n) is 3.40. The summed E-state index contributed by atoms with van der Waals surface area (Å²) in [6, 6.07) is 3.58. The molecular formula is C10H10Cl2F3NO. The van der Waals surface area contributed by atoms with Gasteiger partial charge >= 0.3 is 6.18 Å². The molecule has 1 aromatic carbocycles. The monoisotopic (exact) mass is 287 g/mol. The molecule has 1 rings (SSSR count). The van der Waals surface area contributed by atoms with Crippen molar-refractivity contribution in [1.82, 2.24) is 5.32 Å². The summed E-state index contributed by atoms with van der Waals surface area (Å²) in [5, 5.41) is 11.8. The molecule has 1 aromatic rings. The smallest absolute Gasteiger partial charge is 0.394 e. The zero-order valence-corrected chi connectivity index (χ0v) is 10.1. The molecule has 96 valence electrons. The number of hydrogen-bond donors (Lipinski definition) is 2. The maximum Gasteiger partial charge on any atom is 0.401 e. The lowest BCUT2D eigenvalue weighted by Gasteiger charge is -2.18. The topological polar surface area (TPSA) is 32.3 Å². The average molecular weight is 288 g/mol. The number of aliphatic hydroxyl groups is 1. The van der Waals surface area contributed by atoms with Crippen molar-refractivity contribution < 1.29 is 18.3 Å². The van der Waals surface area contributed by atoms with Crippen LogP contribution in [0.4, 0.5) is 13.2 Å². The highest BCUT2D eigenvalue weighted by atomic mass is 35.5. The first-order chi connectivity index (χ1) is 7.83. The zero-order chi connectivity index (χ0) is 13.1. The predicted molar refractivity (Wildman–Crippen MR) is 60.3 cm³/mol. The minimum absolute atomic E-state index is 0.233. The Morgan fingerprint density at radius 2 is 1.88 bits per heavy atom. The molecule has 2 N–H and O–H groups in total. The van der Waals surface area contributed by atoms with Gasteiger partial charge in [0.2, 0.25) is 0 Å². The number of benzene rings is 1. The Kier molecular flexibility index (Phi) is 5.06. The lowest BCUT2D eigenvalue weighted by molar-refractivity contribution is -0.126. The van der Waals surface area contributed by atoms with Crippen molar-refractivity contribution in [2.75, 3.05) is 13.2 Å². The summed E-state index contributed by atoms with van der Waals surface area (Å²) < 4.78 is 36.1. The van der Waals surface area contributed by atoms with Crippen molar-refractivity contribution in [2.45, 2.75) is 12.2 Å². The Balaban J connectivity index is 2.76. The summed E-state index contributed by atoms with van der Waals surface area (Å²) in [4.78, 5) is 0. The van der Waals surface area contributed by atoms with Gasteiger partial charge in [-0.1, -0.05) is 29.3 Å². The molecule has 0 saturated carbocycles. The van der Waals surface area contributed by atoms with E-state index in [0.29, 0.717) is 10.6 Å². The molecule has 7 heteroatoms. The van der Waals surface area contributed by atoms with Gasteiger partial charge in [-0.25, -0.2) is 0 Å². The molecule has 1 atom stereocenters. The third kappa shape index (κ3) is 4.71. The largest absolute Gasteiger partial charge is 0.401 e. The van der Waals surface area contributed by atoms with Gasteiger partial charge in [0.1, 0.15) is 0 Å². The van der Waals surface area contributed by atoms with Crippen molar-refractivity contribution in [3.8, 4) is 0 Å². The lowest BCUT2D eigenvalue weighted by Crippen LogP contribution is -2.33. The van der Waals surface area contributed by atoms with Gasteiger partial charge in [-0.05, 0) is 17.7 Å². The minimum atomic E-state index is -4.33. The van der Waals surface area contributed by atoms with E-state index in [9.17, 15) is 13.2 Å². The summed E-state index contributed by atoms with van der Waals surface area (Å²) in [7, 11) is 0. The van der Waals surface area contributed by atoms with Crippen LogP contribution in [0.2, 0.25) is 10.0 Å². The molecule has 0 spiro atoms. The van der Waals surface area contributed by atoms with E-state index in [-0.39, 0.29) is 5.02 Å². The van der Waals surface area contributed by atoms with E-state index in [2.05, 4.69) is 5.32 Å². The van der Waals surface area contributed by atoms with Gasteiger partial charge in [0, 0.05) is 0 Å². The highest BCUT2D eigenvalue weighted by Gasteiger charge is 2.28. The van der Waals surface area contributed by atoms with Gasteiger partial charge in [-0.15, -0.1) is 0 Å². The number of nitrogens with one attached hydrogen (secondary N) is 1. The minimum Gasteiger partial charge on any atom is -0.394 e. The van der Waals surface area contributed by atoms with E-state index in [1.165, 1.54) is 18.2 Å². The summed E-state index contributed by atoms with van der Waals surface area (Å²) in [5.74, 6) is 0. The second-order valence-corrected chi connectivity index (χ2v) is 4.22. The normalized spacial score (nSPS) is 13.8. The predicted octanol–water partition coefficient (Wildman–Crippen LogP) is 3.18. The molecule has 0 amide bonds. The molecule has 2 nitrogen and oxygen atoms in total. The fraction of sp³-hybridized carbons (Fsp3) is 0.400. The van der Waals surface area contributed by atoms with Gasteiger partial charge in [0.05, 0.1) is 29.2 Å². The molecule has 0 saturated heterocycles. The van der Waals surface area contributed by atoms with Crippen LogP contribution >= 0.6 is 23.2 Å². The molecule has 0 aromatic heterocycles. The zero-order valence-electron chi connectivity index (χ0n) is 8.56. The third-order valence-electron chi connectivity index (χ3n) is 2.08. The van der Waals surface area contributed by atoms with Crippen LogP contribution in [-0.4, -0.2) is 24.4 Å². The molecule has 0 radical (unpaired) electrons. The van der Waals surface area contributed by atoms with Crippen LogP contribution in [0.5, 0.6) is 0 Å². The van der Waals surface area contributed by atoms with Gasteiger partial charge in [-0.3, -0.25) is 5.32 Å². The van der Waals surface area contributed by atoms with Crippen LogP contribution in [0.1, 0.15) is 11.6 Å².